The Labute approximate surface area is 735 Å². The Morgan fingerprint density at radius 2 is 0.798 bits per heavy atom. The number of amides is 13. The maximum Gasteiger partial charge on any atom is 0.490 e. The van der Waals surface area contributed by atoms with Crippen LogP contribution in [0.2, 0.25) is 0 Å². The monoisotopic (exact) mass is 1830 g/mol. The average molecular weight is 1830 g/mol. The van der Waals surface area contributed by atoms with Gasteiger partial charge in [0.25, 0.3) is 0 Å². The Kier molecular flexibility index (Phi) is 47.7. The van der Waals surface area contributed by atoms with Gasteiger partial charge in [-0.15, -0.1) is 0 Å². The summed E-state index contributed by atoms with van der Waals surface area (Å²) in [5.74, 6) is -20.8. The molecule has 0 aliphatic heterocycles. The third-order valence-corrected chi connectivity index (χ3v) is 18.5. The number of phenols is 1. The number of carboxylic acids is 3. The molecule has 0 spiro atoms. The Morgan fingerprint density at radius 3 is 1.19 bits per heavy atom. The zero-order valence-corrected chi connectivity index (χ0v) is 70.6. The number of halogens is 3. The van der Waals surface area contributed by atoms with Crippen molar-refractivity contribution in [2.45, 2.75) is 208 Å². The molecule has 0 saturated carbocycles. The van der Waals surface area contributed by atoms with Crippen LogP contribution in [0.4, 0.5) is 13.2 Å². The van der Waals surface area contributed by atoms with E-state index in [2.05, 4.69) is 105 Å². The zero-order chi connectivity index (χ0) is 96.6. The topological polar surface area (TPSA) is 846 Å². The number of carbonyl (C=O) groups excluding carboxylic acids is 13. The molecule has 53 heteroatoms. The van der Waals surface area contributed by atoms with Crippen molar-refractivity contribution in [3.8, 4) is 5.75 Å². The predicted octanol–water partition coefficient (Wildman–Crippen LogP) is -8.72. The van der Waals surface area contributed by atoms with E-state index < -0.39 is 230 Å². The molecule has 0 fully saturated rings. The highest BCUT2D eigenvalue weighted by molar-refractivity contribution is 6.00. The van der Waals surface area contributed by atoms with Gasteiger partial charge in [0, 0.05) is 64.1 Å². The molecule has 2 aromatic carbocycles. The number of nitrogens with two attached hydrogens (primary N) is 5. The zero-order valence-electron chi connectivity index (χ0n) is 70.6. The fourth-order valence-corrected chi connectivity index (χ4v) is 11.7. The number of aromatic nitrogens is 4. The van der Waals surface area contributed by atoms with Gasteiger partial charge in [0.1, 0.15) is 78.3 Å². The van der Waals surface area contributed by atoms with Crippen LogP contribution in [0.1, 0.15) is 114 Å². The number of imidazole rings is 2. The van der Waals surface area contributed by atoms with E-state index >= 15 is 0 Å². The first-order chi connectivity index (χ1) is 60.8. The number of aliphatic hydroxyl groups is 2. The minimum atomic E-state index is -5.08. The number of nitrogens with zero attached hydrogens (tertiary/aromatic N) is 2. The van der Waals surface area contributed by atoms with Gasteiger partial charge >= 0.3 is 24.1 Å². The largest absolute Gasteiger partial charge is 0.508 e. The van der Waals surface area contributed by atoms with Crippen molar-refractivity contribution >= 4 is 113 Å². The van der Waals surface area contributed by atoms with Crippen molar-refractivity contribution in [1.29, 1.82) is 16.2 Å². The van der Waals surface area contributed by atoms with E-state index in [1.54, 1.807) is 30.3 Å². The molecule has 0 aliphatic rings. The van der Waals surface area contributed by atoms with Gasteiger partial charge in [-0.3, -0.25) is 88.1 Å². The van der Waals surface area contributed by atoms with E-state index in [0.717, 1.165) is 6.92 Å². The molecule has 0 saturated heterocycles. The molecule has 50 nitrogen and oxygen atoms in total. The quantitative estimate of drug-likeness (QED) is 0.0111. The first kappa shape index (κ1) is 109. The van der Waals surface area contributed by atoms with Gasteiger partial charge in [-0.25, -0.2) is 14.8 Å². The van der Waals surface area contributed by atoms with E-state index in [0.29, 0.717) is 17.7 Å². The molecular formula is C76H115F3N28O22. The summed E-state index contributed by atoms with van der Waals surface area (Å²) in [4.78, 5) is 231. The summed E-state index contributed by atoms with van der Waals surface area (Å²) < 4.78 is 31.7. The Hall–Kier alpha value is -14.4. The number of guanidine groups is 3. The number of aliphatic carboxylic acids is 3. The predicted molar refractivity (Wildman–Crippen MR) is 449 cm³/mol. The number of carboxylic acid groups (broad SMARTS) is 3. The number of alkyl halides is 3. The Morgan fingerprint density at radius 1 is 0.442 bits per heavy atom. The third kappa shape index (κ3) is 42.9. The maximum atomic E-state index is 14.7. The lowest BCUT2D eigenvalue weighted by molar-refractivity contribution is -0.192. The first-order valence-corrected chi connectivity index (χ1v) is 40.2. The van der Waals surface area contributed by atoms with Gasteiger partial charge in [0.2, 0.25) is 76.8 Å². The van der Waals surface area contributed by atoms with Crippen LogP contribution in [0, 0.1) is 16.2 Å². The van der Waals surface area contributed by atoms with Crippen LogP contribution < -0.4 is 114 Å². The second-order valence-corrected chi connectivity index (χ2v) is 29.2. The van der Waals surface area contributed by atoms with Gasteiger partial charge < -0.3 is 154 Å². The van der Waals surface area contributed by atoms with Gasteiger partial charge in [0.05, 0.1) is 49.3 Å². The number of hydrogen-bond acceptors (Lipinski definition) is 26. The van der Waals surface area contributed by atoms with E-state index in [1.807, 2.05) is 0 Å². The summed E-state index contributed by atoms with van der Waals surface area (Å²) in [7, 11) is 0. The normalized spacial score (nSPS) is 14.2. The molecule has 13 amide bonds. The lowest BCUT2D eigenvalue weighted by Gasteiger charge is -2.29. The van der Waals surface area contributed by atoms with Crippen LogP contribution in [0.3, 0.4) is 0 Å². The molecule has 2 aromatic heterocycles. The van der Waals surface area contributed by atoms with Gasteiger partial charge in [-0.1, -0.05) is 42.5 Å². The number of phenolic OH excluding ortho intramolecular Hbond substituents is 1. The van der Waals surface area contributed by atoms with Crippen molar-refractivity contribution in [2.75, 3.05) is 39.3 Å². The van der Waals surface area contributed by atoms with Crippen molar-refractivity contribution < 1.29 is 121 Å². The van der Waals surface area contributed by atoms with E-state index in [-0.39, 0.29) is 120 Å². The second kappa shape index (κ2) is 56.6. The lowest BCUT2D eigenvalue weighted by Crippen LogP contribution is -2.62. The number of aromatic hydroxyl groups is 1. The molecule has 2 heterocycles. The minimum Gasteiger partial charge on any atom is -0.508 e. The molecule has 129 heavy (non-hydrogen) atoms. The maximum absolute atomic E-state index is 14.7. The van der Waals surface area contributed by atoms with Crippen LogP contribution in [-0.4, -0.2) is 293 Å². The molecular weight excluding hydrogens is 1710 g/mol. The van der Waals surface area contributed by atoms with Crippen LogP contribution in [0.25, 0.3) is 0 Å². The molecule has 0 radical (unpaired) electrons. The SMILES string of the molecule is C[C@H](N)C(=O)N[C@@H](CCCNC(=N)N)C(=O)N[C@@H](CCCCN)C(=O)N[C@@H](CCCNC(=N)N)C(=O)N[C@@H](CCC(=O)O)C(=O)N[C@@H](CCCNC(=N)N)C(=O)N[C@H](C(=O)N[C@@H](Cc1ccc(O)cc1)C(=O)N[C@@H](CO)C(=O)N[C@@H](Cc1ccccc1)C(=O)NCC(=O)N[C@@H](Cc1c[nH]cn1)C(=O)N[C@@H](Cc1c[nH]cn1)C(=O)N[C@@H](C)C(=O)O)[C@@H](C)O.O=C(O)C(F)(F)F. The van der Waals surface area contributed by atoms with Gasteiger partial charge in [-0.2, -0.15) is 13.2 Å². The fourth-order valence-electron chi connectivity index (χ4n) is 11.7. The van der Waals surface area contributed by atoms with E-state index in [4.69, 9.17) is 54.8 Å². The molecule has 712 valence electrons. The number of carbonyl (C=O) groups is 16. The van der Waals surface area contributed by atoms with Crippen LogP contribution in [-0.2, 0) is 102 Å². The number of aliphatic hydroxyl groups excluding tert-OH is 2. The highest BCUT2D eigenvalue weighted by Crippen LogP contribution is 2.17. The standard InChI is InChI=1S/C74H114N28O20.C2HF3O2/c1-38(76)59(109)93-47(15-9-25-85-72(77)78)62(112)94-46(14-7-8-24-75)61(111)95-48(16-10-26-86-73(79)80)63(113)97-50(22-23-57(107)108)64(114)96-49(17-11-27-87-74(81)82)65(115)102-58(40(3)104)70(120)100-52(29-42-18-20-45(105)21-19-42)67(117)101-55(35-103)69(119)98-51(28-41-12-5-4-6-13-41)60(110)88-34-56(106)92-53(30-43-32-83-36-89-43)68(118)99-54(31-44-33-84-37-90-44)66(116)91-39(2)71(121)122;3-2(4,5)1(6)7/h4-6,12-13,18-21,32-33,36-40,46-55,58,103-105H,7-11,14-17,22-31,34-35,75-76H2,1-3H3,(H,83,89)(H,84,90)(H,88,110)(H,91,116)(H,92,106)(H,93,109)(H,94,112)(H,95,111)(H,96,114)(H,97,113)(H,98,119)(H,99,118)(H,100,120)(H,101,117)(H,102,115)(H,107,108)(H,121,122)(H4,77,78,85)(H4,79,80,86)(H4,81,82,87);(H,6,7)/t38-,39-,40+,46-,47-,48-,49-,50-,51-,52-,53-,54-,55-,58-;/m0./s1. The summed E-state index contributed by atoms with van der Waals surface area (Å²) in [5.41, 5.74) is 29.2. The summed E-state index contributed by atoms with van der Waals surface area (Å²) in [6.07, 6.45) is -4.35. The van der Waals surface area contributed by atoms with Gasteiger partial charge in [-0.05, 0) is 115 Å². The number of unbranched alkanes of at least 4 members (excludes halogenated alkanes) is 1. The number of benzene rings is 2. The smallest absolute Gasteiger partial charge is 0.490 e. The number of aromatic amines is 2. The van der Waals surface area contributed by atoms with Crippen LogP contribution >= 0.6 is 0 Å². The highest BCUT2D eigenvalue weighted by Gasteiger charge is 2.40. The average Bonchev–Trinajstić information content (AvgIpc) is 1.81. The third-order valence-electron chi connectivity index (χ3n) is 18.5. The van der Waals surface area contributed by atoms with Crippen molar-refractivity contribution in [3.05, 3.63) is 102 Å². The summed E-state index contributed by atoms with van der Waals surface area (Å²) >= 11 is 0. The van der Waals surface area contributed by atoms with E-state index in [9.17, 15) is 111 Å². The molecule has 14 atom stereocenters. The Balaban J connectivity index is 0.00000586. The molecule has 37 N–H and O–H groups in total. The molecule has 0 bridgehead atoms. The number of nitrogens with one attached hydrogen (secondary N) is 21. The van der Waals surface area contributed by atoms with Crippen LogP contribution in [0.15, 0.2) is 79.6 Å². The summed E-state index contributed by atoms with van der Waals surface area (Å²) in [5, 5.41) is 121. The van der Waals surface area contributed by atoms with Crippen LogP contribution in [0.5, 0.6) is 5.75 Å². The lowest BCUT2D eigenvalue weighted by atomic mass is 10.0. The molecule has 0 aliphatic carbocycles. The molecule has 4 aromatic rings. The Bertz CT molecular complexity index is 4380. The highest BCUT2D eigenvalue weighted by atomic mass is 19.4. The molecule has 0 unspecified atom stereocenters. The molecule has 4 rings (SSSR count). The van der Waals surface area contributed by atoms with Crippen molar-refractivity contribution in [2.24, 2.45) is 28.7 Å². The number of rotatable bonds is 56. The summed E-state index contributed by atoms with van der Waals surface area (Å²) in [6, 6.07) is -7.55. The minimum absolute atomic E-state index is 0.00987. The number of H-pyrrole nitrogens is 2. The first-order valence-electron chi connectivity index (χ1n) is 40.2. The van der Waals surface area contributed by atoms with Crippen molar-refractivity contribution in [3.63, 3.8) is 0 Å². The summed E-state index contributed by atoms with van der Waals surface area (Å²) in [6.45, 7) is 1.70. The fraction of sp³-hybridized carbons (Fsp3) is 0.513. The van der Waals surface area contributed by atoms with Gasteiger partial charge in [0.15, 0.2) is 17.9 Å². The van der Waals surface area contributed by atoms with Crippen molar-refractivity contribution in [1.82, 2.24) is 105 Å². The van der Waals surface area contributed by atoms with E-state index in [1.165, 1.54) is 63.2 Å². The second-order valence-electron chi connectivity index (χ2n) is 29.2. The number of hydrogen-bond donors (Lipinski definition) is 32.